The number of nitrogens with one attached hydrogen (secondary N) is 2. The number of guanidine groups is 1. The van der Waals surface area contributed by atoms with Crippen LogP contribution in [0.4, 0.5) is 0 Å². The van der Waals surface area contributed by atoms with E-state index in [2.05, 4.69) is 20.4 Å². The molecule has 0 radical (unpaired) electrons. The SMILES string of the molecule is CN=C(NCCCCC(=O)OC)NCC(C)Oc1cccc(C)c1.I. The van der Waals surface area contributed by atoms with Crippen LogP contribution in [0.1, 0.15) is 31.7 Å². The van der Waals surface area contributed by atoms with Gasteiger partial charge in [0, 0.05) is 20.0 Å². The molecule has 0 aliphatic carbocycles. The normalized spacial score (nSPS) is 11.9. The van der Waals surface area contributed by atoms with Gasteiger partial charge in [0.1, 0.15) is 11.9 Å². The van der Waals surface area contributed by atoms with E-state index in [1.807, 2.05) is 38.1 Å². The van der Waals surface area contributed by atoms with Crippen molar-refractivity contribution in [3.05, 3.63) is 29.8 Å². The maximum atomic E-state index is 11.0. The molecule has 1 aromatic rings. The smallest absolute Gasteiger partial charge is 0.305 e. The Kier molecular flexibility index (Phi) is 12.9. The van der Waals surface area contributed by atoms with Crippen molar-refractivity contribution in [2.24, 2.45) is 4.99 Å². The van der Waals surface area contributed by atoms with E-state index in [0.29, 0.717) is 13.0 Å². The monoisotopic (exact) mass is 463 g/mol. The van der Waals surface area contributed by atoms with Crippen molar-refractivity contribution >= 4 is 35.9 Å². The number of rotatable bonds is 9. The third kappa shape index (κ3) is 10.9. The van der Waals surface area contributed by atoms with Crippen LogP contribution in [0.25, 0.3) is 0 Å². The van der Waals surface area contributed by atoms with Crippen LogP contribution >= 0.6 is 24.0 Å². The molecule has 0 amide bonds. The lowest BCUT2D eigenvalue weighted by Crippen LogP contribution is -2.42. The number of carbonyl (C=O) groups excluding carboxylic acids is 1. The van der Waals surface area contributed by atoms with Gasteiger partial charge >= 0.3 is 5.97 Å². The van der Waals surface area contributed by atoms with Gasteiger partial charge in [0.15, 0.2) is 5.96 Å². The molecular weight excluding hydrogens is 433 g/mol. The van der Waals surface area contributed by atoms with E-state index in [0.717, 1.165) is 31.1 Å². The molecular formula is C18H30IN3O3. The molecule has 25 heavy (non-hydrogen) atoms. The zero-order valence-electron chi connectivity index (χ0n) is 15.5. The summed E-state index contributed by atoms with van der Waals surface area (Å²) in [4.78, 5) is 15.2. The minimum Gasteiger partial charge on any atom is -0.489 e. The number of nitrogens with zero attached hydrogens (tertiary/aromatic N) is 1. The summed E-state index contributed by atoms with van der Waals surface area (Å²) < 4.78 is 10.5. The Morgan fingerprint density at radius 1 is 1.28 bits per heavy atom. The number of carbonyl (C=O) groups is 1. The fourth-order valence-corrected chi connectivity index (χ4v) is 2.13. The Balaban J connectivity index is 0.00000576. The predicted octanol–water partition coefficient (Wildman–Crippen LogP) is 2.89. The molecule has 0 aliphatic rings. The highest BCUT2D eigenvalue weighted by Crippen LogP contribution is 2.13. The summed E-state index contributed by atoms with van der Waals surface area (Å²) in [5.74, 6) is 1.43. The number of halogens is 1. The van der Waals surface area contributed by atoms with Gasteiger partial charge in [0.05, 0.1) is 13.7 Å². The Morgan fingerprint density at radius 3 is 2.68 bits per heavy atom. The van der Waals surface area contributed by atoms with Crippen LogP contribution in [0.15, 0.2) is 29.3 Å². The van der Waals surface area contributed by atoms with Crippen molar-refractivity contribution in [3.8, 4) is 5.75 Å². The molecule has 2 N–H and O–H groups in total. The lowest BCUT2D eigenvalue weighted by molar-refractivity contribution is -0.140. The molecule has 0 bridgehead atoms. The summed E-state index contributed by atoms with van der Waals surface area (Å²) in [6.07, 6.45) is 2.14. The highest BCUT2D eigenvalue weighted by Gasteiger charge is 2.06. The maximum absolute atomic E-state index is 11.0. The minimum absolute atomic E-state index is 0. The summed E-state index contributed by atoms with van der Waals surface area (Å²) in [6, 6.07) is 8.00. The molecule has 1 unspecified atom stereocenters. The Labute approximate surface area is 167 Å². The standard InChI is InChI=1S/C18H29N3O3.HI/c1-14-8-7-9-16(12-14)24-15(2)13-21-18(19-3)20-11-6-5-10-17(22)23-4;/h7-9,12,15H,5-6,10-11,13H2,1-4H3,(H2,19,20,21);1H. The van der Waals surface area contributed by atoms with Gasteiger partial charge in [-0.1, -0.05) is 12.1 Å². The first kappa shape index (κ1) is 23.5. The summed E-state index contributed by atoms with van der Waals surface area (Å²) in [5, 5.41) is 6.46. The highest BCUT2D eigenvalue weighted by molar-refractivity contribution is 14.0. The van der Waals surface area contributed by atoms with E-state index in [1.165, 1.54) is 12.7 Å². The third-order valence-corrected chi connectivity index (χ3v) is 3.44. The molecule has 7 heteroatoms. The lowest BCUT2D eigenvalue weighted by Gasteiger charge is -2.18. The maximum Gasteiger partial charge on any atom is 0.305 e. The summed E-state index contributed by atoms with van der Waals surface area (Å²) in [6.45, 7) is 5.46. The topological polar surface area (TPSA) is 72.0 Å². The molecule has 1 rings (SSSR count). The van der Waals surface area contributed by atoms with E-state index in [1.54, 1.807) is 7.05 Å². The molecule has 6 nitrogen and oxygen atoms in total. The fourth-order valence-electron chi connectivity index (χ4n) is 2.13. The van der Waals surface area contributed by atoms with Gasteiger partial charge in [0.2, 0.25) is 0 Å². The van der Waals surface area contributed by atoms with Crippen molar-refractivity contribution in [1.82, 2.24) is 10.6 Å². The lowest BCUT2D eigenvalue weighted by atomic mass is 10.2. The number of hydrogen-bond donors (Lipinski definition) is 2. The average molecular weight is 463 g/mol. The second-order valence-corrected chi connectivity index (χ2v) is 5.66. The molecule has 1 aromatic carbocycles. The first-order chi connectivity index (χ1) is 11.5. The van der Waals surface area contributed by atoms with E-state index < -0.39 is 0 Å². The van der Waals surface area contributed by atoms with E-state index in [9.17, 15) is 4.79 Å². The van der Waals surface area contributed by atoms with Crippen molar-refractivity contribution in [2.75, 3.05) is 27.2 Å². The van der Waals surface area contributed by atoms with Gasteiger partial charge in [-0.25, -0.2) is 0 Å². The molecule has 0 saturated carbocycles. The second kappa shape index (κ2) is 13.7. The highest BCUT2D eigenvalue weighted by atomic mass is 127. The Bertz CT molecular complexity index is 538. The predicted molar refractivity (Wildman–Crippen MR) is 112 cm³/mol. The van der Waals surface area contributed by atoms with Gasteiger partial charge in [0.25, 0.3) is 0 Å². The summed E-state index contributed by atoms with van der Waals surface area (Å²) in [5.41, 5.74) is 1.18. The molecule has 142 valence electrons. The second-order valence-electron chi connectivity index (χ2n) is 5.66. The van der Waals surface area contributed by atoms with Gasteiger partial charge < -0.3 is 20.1 Å². The van der Waals surface area contributed by atoms with Crippen LogP contribution in [0.5, 0.6) is 5.75 Å². The van der Waals surface area contributed by atoms with Crippen molar-refractivity contribution in [2.45, 2.75) is 39.2 Å². The van der Waals surface area contributed by atoms with Gasteiger partial charge in [-0.05, 0) is 44.4 Å². The number of aliphatic imine (C=N–C) groups is 1. The third-order valence-electron chi connectivity index (χ3n) is 3.44. The zero-order valence-corrected chi connectivity index (χ0v) is 17.8. The first-order valence-electron chi connectivity index (χ1n) is 8.29. The number of methoxy groups -OCH3 is 1. The van der Waals surface area contributed by atoms with Gasteiger partial charge in [-0.15, -0.1) is 24.0 Å². The van der Waals surface area contributed by atoms with Gasteiger partial charge in [-0.3, -0.25) is 9.79 Å². The van der Waals surface area contributed by atoms with Crippen LogP contribution in [0.2, 0.25) is 0 Å². The summed E-state index contributed by atoms with van der Waals surface area (Å²) >= 11 is 0. The van der Waals surface area contributed by atoms with Crippen LogP contribution in [0, 0.1) is 6.92 Å². The number of esters is 1. The number of benzene rings is 1. The first-order valence-corrected chi connectivity index (χ1v) is 8.29. The molecule has 0 saturated heterocycles. The van der Waals surface area contributed by atoms with E-state index in [-0.39, 0.29) is 36.0 Å². The van der Waals surface area contributed by atoms with Crippen LogP contribution in [-0.2, 0) is 9.53 Å². The van der Waals surface area contributed by atoms with Crippen molar-refractivity contribution in [3.63, 3.8) is 0 Å². The van der Waals surface area contributed by atoms with Crippen molar-refractivity contribution < 1.29 is 14.3 Å². The molecule has 0 aromatic heterocycles. The van der Waals surface area contributed by atoms with Crippen molar-refractivity contribution in [1.29, 1.82) is 0 Å². The zero-order chi connectivity index (χ0) is 17.8. The molecule has 1 atom stereocenters. The number of hydrogen-bond acceptors (Lipinski definition) is 4. The minimum atomic E-state index is -0.167. The average Bonchev–Trinajstić information content (AvgIpc) is 2.57. The van der Waals surface area contributed by atoms with Gasteiger partial charge in [-0.2, -0.15) is 0 Å². The molecule has 0 heterocycles. The number of unbranched alkanes of at least 4 members (excludes halogenated alkanes) is 1. The van der Waals surface area contributed by atoms with Crippen LogP contribution in [0.3, 0.4) is 0 Å². The fraction of sp³-hybridized carbons (Fsp3) is 0.556. The van der Waals surface area contributed by atoms with Crippen LogP contribution < -0.4 is 15.4 Å². The van der Waals surface area contributed by atoms with E-state index >= 15 is 0 Å². The van der Waals surface area contributed by atoms with E-state index in [4.69, 9.17) is 4.74 Å². The Morgan fingerprint density at radius 2 is 2.04 bits per heavy atom. The quantitative estimate of drug-likeness (QED) is 0.194. The molecule has 0 spiro atoms. The molecule has 0 aliphatic heterocycles. The van der Waals surface area contributed by atoms with Crippen LogP contribution in [-0.4, -0.2) is 45.3 Å². The molecule has 0 fully saturated rings. The number of ether oxygens (including phenoxy) is 2. The summed E-state index contributed by atoms with van der Waals surface area (Å²) in [7, 11) is 3.14. The largest absolute Gasteiger partial charge is 0.489 e. The Hall–Kier alpha value is -1.51. The number of aryl methyl sites for hydroxylation is 1.